The zero-order valence-corrected chi connectivity index (χ0v) is 9.41. The molecule has 0 spiro atoms. The molecule has 0 aromatic carbocycles. The van der Waals surface area contributed by atoms with Crippen molar-refractivity contribution in [1.29, 1.82) is 0 Å². The summed E-state index contributed by atoms with van der Waals surface area (Å²) in [4.78, 5) is 21.9. The molecule has 1 atom stereocenters. The summed E-state index contributed by atoms with van der Waals surface area (Å²) in [6.45, 7) is 1.19. The van der Waals surface area contributed by atoms with E-state index in [1.807, 2.05) is 0 Å². The van der Waals surface area contributed by atoms with Crippen LogP contribution in [0.15, 0.2) is 6.20 Å². The molecule has 0 saturated carbocycles. The van der Waals surface area contributed by atoms with E-state index in [4.69, 9.17) is 10.2 Å². The fraction of sp³-hybridized carbons (Fsp3) is 0.556. The summed E-state index contributed by atoms with van der Waals surface area (Å²) in [5, 5.41) is 30.3. The molecule has 2 rings (SSSR count). The number of aromatic nitrogens is 3. The van der Waals surface area contributed by atoms with Crippen LogP contribution in [0.5, 0.6) is 0 Å². The number of hydrogen-bond acceptors (Lipinski definition) is 6. The van der Waals surface area contributed by atoms with Crippen LogP contribution < -0.4 is 10.6 Å². The van der Waals surface area contributed by atoms with Gasteiger partial charge in [-0.05, 0) is 0 Å². The Labute approximate surface area is 102 Å². The van der Waals surface area contributed by atoms with E-state index in [9.17, 15) is 9.59 Å². The van der Waals surface area contributed by atoms with Crippen LogP contribution in [0.1, 0.15) is 16.5 Å². The second-order valence-electron chi connectivity index (χ2n) is 3.96. The van der Waals surface area contributed by atoms with E-state index in [-0.39, 0.29) is 18.3 Å². The van der Waals surface area contributed by atoms with Crippen molar-refractivity contribution in [2.75, 3.05) is 19.6 Å². The van der Waals surface area contributed by atoms with Gasteiger partial charge >= 0.3 is 5.97 Å². The van der Waals surface area contributed by atoms with Gasteiger partial charge < -0.3 is 20.8 Å². The topological polar surface area (TPSA) is 129 Å². The summed E-state index contributed by atoms with van der Waals surface area (Å²) >= 11 is 0. The number of nitrogens with zero attached hydrogens (tertiary/aromatic N) is 3. The minimum atomic E-state index is -1.63. The Morgan fingerprint density at radius 3 is 2.89 bits per heavy atom. The van der Waals surface area contributed by atoms with Crippen molar-refractivity contribution in [3.63, 3.8) is 0 Å². The van der Waals surface area contributed by atoms with Crippen molar-refractivity contribution in [3.05, 3.63) is 11.9 Å². The fourth-order valence-electron chi connectivity index (χ4n) is 1.39. The average molecular weight is 255 g/mol. The zero-order chi connectivity index (χ0) is 13.1. The van der Waals surface area contributed by atoms with Crippen molar-refractivity contribution < 1.29 is 19.8 Å². The van der Waals surface area contributed by atoms with Gasteiger partial charge in [-0.3, -0.25) is 4.79 Å². The molecule has 9 nitrogen and oxygen atoms in total. The Kier molecular flexibility index (Phi) is 3.53. The summed E-state index contributed by atoms with van der Waals surface area (Å²) in [5.74, 6) is -1.95. The molecule has 2 heterocycles. The predicted molar refractivity (Wildman–Crippen MR) is 57.9 cm³/mol. The van der Waals surface area contributed by atoms with Crippen LogP contribution >= 0.6 is 0 Å². The molecule has 0 bridgehead atoms. The molecule has 0 radical (unpaired) electrons. The maximum absolute atomic E-state index is 11.6. The number of rotatable bonds is 5. The number of carbonyl (C=O) groups is 2. The van der Waals surface area contributed by atoms with Gasteiger partial charge in [0.25, 0.3) is 5.91 Å². The van der Waals surface area contributed by atoms with E-state index in [0.717, 1.165) is 13.1 Å². The third-order valence-electron chi connectivity index (χ3n) is 2.62. The molecular weight excluding hydrogens is 242 g/mol. The van der Waals surface area contributed by atoms with E-state index < -0.39 is 18.0 Å². The molecule has 1 aliphatic heterocycles. The Bertz CT molecular complexity index is 456. The molecule has 4 N–H and O–H groups in total. The van der Waals surface area contributed by atoms with Gasteiger partial charge in [0.05, 0.1) is 18.8 Å². The monoisotopic (exact) mass is 255 g/mol. The number of carboxylic acid groups (broad SMARTS) is 1. The van der Waals surface area contributed by atoms with E-state index in [1.54, 1.807) is 4.68 Å². The zero-order valence-electron chi connectivity index (χ0n) is 9.41. The second-order valence-corrected chi connectivity index (χ2v) is 3.96. The predicted octanol–water partition coefficient (Wildman–Crippen LogP) is -2.40. The molecule has 18 heavy (non-hydrogen) atoms. The highest BCUT2D eigenvalue weighted by molar-refractivity contribution is 5.92. The first-order valence-corrected chi connectivity index (χ1v) is 5.39. The quantitative estimate of drug-likeness (QED) is 0.461. The Balaban J connectivity index is 1.88. The molecule has 1 fully saturated rings. The molecule has 1 saturated heterocycles. The van der Waals surface area contributed by atoms with Crippen molar-refractivity contribution >= 4 is 11.9 Å². The van der Waals surface area contributed by atoms with Crippen LogP contribution in [0.2, 0.25) is 0 Å². The summed E-state index contributed by atoms with van der Waals surface area (Å²) in [5.41, 5.74) is 0.0967. The summed E-state index contributed by atoms with van der Waals surface area (Å²) in [7, 11) is 0. The van der Waals surface area contributed by atoms with Crippen LogP contribution in [0.4, 0.5) is 0 Å². The molecular formula is C9H13N5O4. The van der Waals surface area contributed by atoms with Gasteiger partial charge in [0.15, 0.2) is 11.8 Å². The number of amides is 1. The lowest BCUT2D eigenvalue weighted by Gasteiger charge is -2.26. The number of carbonyl (C=O) groups excluding carboxylic acids is 1. The molecule has 1 aromatic rings. The minimum absolute atomic E-state index is 0.0967. The molecule has 1 aromatic heterocycles. The third kappa shape index (κ3) is 2.63. The van der Waals surface area contributed by atoms with E-state index in [1.165, 1.54) is 6.20 Å². The molecule has 0 aliphatic carbocycles. The number of nitrogens with one attached hydrogen (secondary N) is 2. The fourth-order valence-corrected chi connectivity index (χ4v) is 1.39. The number of aliphatic carboxylic acids is 1. The number of aliphatic hydroxyl groups excluding tert-OH is 1. The van der Waals surface area contributed by atoms with Gasteiger partial charge in [0.1, 0.15) is 0 Å². The van der Waals surface area contributed by atoms with Gasteiger partial charge in [-0.25, -0.2) is 9.48 Å². The van der Waals surface area contributed by atoms with E-state index >= 15 is 0 Å². The average Bonchev–Trinajstić information content (AvgIpc) is 2.72. The standard InChI is InChI=1S/C9H13N5O4/c15-7(9(17)18)3-11-8(16)6-4-14(13-12-6)5-1-10-2-5/h4-5,7,10,15H,1-3H2,(H,11,16)(H,17,18)/t7-/m0/s1. The van der Waals surface area contributed by atoms with Gasteiger partial charge in [-0.2, -0.15) is 0 Å². The maximum atomic E-state index is 11.6. The van der Waals surface area contributed by atoms with Crippen molar-refractivity contribution in [3.8, 4) is 0 Å². The largest absolute Gasteiger partial charge is 0.479 e. The molecule has 1 amide bonds. The Hall–Kier alpha value is -2.00. The summed E-state index contributed by atoms with van der Waals surface area (Å²) < 4.78 is 1.58. The van der Waals surface area contributed by atoms with Crippen LogP contribution in [0.25, 0.3) is 0 Å². The molecule has 0 unspecified atom stereocenters. The first-order chi connectivity index (χ1) is 8.58. The van der Waals surface area contributed by atoms with Gasteiger partial charge in [0.2, 0.25) is 0 Å². The highest BCUT2D eigenvalue weighted by Crippen LogP contribution is 2.09. The van der Waals surface area contributed by atoms with Crippen LogP contribution in [0.3, 0.4) is 0 Å². The second kappa shape index (κ2) is 5.10. The SMILES string of the molecule is O=C(NC[C@H](O)C(=O)O)c1cn(C2CNC2)nn1. The highest BCUT2D eigenvalue weighted by Gasteiger charge is 2.22. The molecule has 98 valence electrons. The maximum Gasteiger partial charge on any atom is 0.334 e. The number of aliphatic hydroxyl groups is 1. The van der Waals surface area contributed by atoms with Crippen LogP contribution in [-0.4, -0.2) is 62.8 Å². The first kappa shape index (κ1) is 12.5. The smallest absolute Gasteiger partial charge is 0.334 e. The van der Waals surface area contributed by atoms with Gasteiger partial charge in [0, 0.05) is 13.1 Å². The van der Waals surface area contributed by atoms with Gasteiger partial charge in [-0.1, -0.05) is 5.21 Å². The normalized spacial score (nSPS) is 16.9. The van der Waals surface area contributed by atoms with Crippen LogP contribution in [-0.2, 0) is 4.79 Å². The van der Waals surface area contributed by atoms with Crippen molar-refractivity contribution in [2.24, 2.45) is 0 Å². The summed E-state index contributed by atoms with van der Waals surface area (Å²) in [6.07, 6.45) is -0.131. The van der Waals surface area contributed by atoms with Gasteiger partial charge in [-0.15, -0.1) is 5.10 Å². The Morgan fingerprint density at radius 2 is 2.33 bits per heavy atom. The lowest BCUT2D eigenvalue weighted by Crippen LogP contribution is -2.43. The first-order valence-electron chi connectivity index (χ1n) is 5.39. The molecule has 9 heteroatoms. The van der Waals surface area contributed by atoms with Crippen LogP contribution in [0, 0.1) is 0 Å². The summed E-state index contributed by atoms with van der Waals surface area (Å²) in [6, 6.07) is 0.198. The van der Waals surface area contributed by atoms with Crippen molar-refractivity contribution in [1.82, 2.24) is 25.6 Å². The number of hydrogen-bond donors (Lipinski definition) is 4. The lowest BCUT2D eigenvalue weighted by molar-refractivity contribution is -0.146. The lowest BCUT2D eigenvalue weighted by atomic mass is 10.2. The highest BCUT2D eigenvalue weighted by atomic mass is 16.4. The number of carboxylic acids is 1. The van der Waals surface area contributed by atoms with Crippen molar-refractivity contribution in [2.45, 2.75) is 12.1 Å². The molecule has 1 aliphatic rings. The third-order valence-corrected chi connectivity index (χ3v) is 2.62. The minimum Gasteiger partial charge on any atom is -0.479 e. The van der Waals surface area contributed by atoms with E-state index in [2.05, 4.69) is 20.9 Å². The van der Waals surface area contributed by atoms with E-state index in [0.29, 0.717) is 0 Å². The Morgan fingerprint density at radius 1 is 1.61 bits per heavy atom.